The molecule has 17 heavy (non-hydrogen) atoms. The number of carboxylic acid groups (broad SMARTS) is 1. The minimum Gasteiger partial charge on any atom is -0.479 e. The lowest BCUT2D eigenvalue weighted by Crippen LogP contribution is -2.29. The van der Waals surface area contributed by atoms with Gasteiger partial charge in [0.25, 0.3) is 5.91 Å². The number of carboxylic acids is 1. The standard InChI is InChI=1S/C10H12N2O4S/c1-5-4-17-10(11-5)12-8(13)6-2-3-7(16-6)9(14)15/h4,6-7H,2-3H2,1H3,(H,14,15)(H,11,12,13). The van der Waals surface area contributed by atoms with Crippen LogP contribution in [-0.4, -0.2) is 34.2 Å². The Morgan fingerprint density at radius 2 is 2.24 bits per heavy atom. The number of carbonyl (C=O) groups excluding carboxylic acids is 1. The van der Waals surface area contributed by atoms with Crippen molar-refractivity contribution in [2.45, 2.75) is 32.0 Å². The molecule has 2 rings (SSSR count). The molecule has 1 aliphatic heterocycles. The molecule has 7 heteroatoms. The zero-order valence-corrected chi connectivity index (χ0v) is 9.99. The van der Waals surface area contributed by atoms with Crippen LogP contribution >= 0.6 is 11.3 Å². The molecule has 92 valence electrons. The summed E-state index contributed by atoms with van der Waals surface area (Å²) in [6, 6.07) is 0. The van der Waals surface area contributed by atoms with Crippen molar-refractivity contribution < 1.29 is 19.4 Å². The van der Waals surface area contributed by atoms with Crippen LogP contribution in [0.3, 0.4) is 0 Å². The van der Waals surface area contributed by atoms with Crippen LogP contribution < -0.4 is 5.32 Å². The van der Waals surface area contributed by atoms with E-state index in [1.165, 1.54) is 11.3 Å². The molecule has 1 fully saturated rings. The van der Waals surface area contributed by atoms with Crippen LogP contribution in [0.25, 0.3) is 0 Å². The molecule has 0 aromatic carbocycles. The summed E-state index contributed by atoms with van der Waals surface area (Å²) in [5.41, 5.74) is 0.834. The first-order valence-electron chi connectivity index (χ1n) is 5.17. The van der Waals surface area contributed by atoms with Crippen molar-refractivity contribution >= 4 is 28.3 Å². The van der Waals surface area contributed by atoms with Crippen LogP contribution in [0.4, 0.5) is 5.13 Å². The first-order chi connectivity index (χ1) is 8.06. The molecule has 0 aliphatic carbocycles. The van der Waals surface area contributed by atoms with E-state index in [0.717, 1.165) is 5.69 Å². The maximum Gasteiger partial charge on any atom is 0.332 e. The predicted octanol–water partition coefficient (Wildman–Crippen LogP) is 1.02. The number of anilines is 1. The van der Waals surface area contributed by atoms with Crippen molar-refractivity contribution in [2.75, 3.05) is 5.32 Å². The average Bonchev–Trinajstić information content (AvgIpc) is 2.86. The number of hydrogen-bond acceptors (Lipinski definition) is 5. The number of aliphatic carboxylic acids is 1. The molecule has 1 aromatic rings. The van der Waals surface area contributed by atoms with E-state index in [9.17, 15) is 9.59 Å². The SMILES string of the molecule is Cc1csc(NC(=O)C2CCC(C(=O)O)O2)n1. The number of thiazole rings is 1. The fraction of sp³-hybridized carbons (Fsp3) is 0.500. The summed E-state index contributed by atoms with van der Waals surface area (Å²) in [5, 5.41) is 13.7. The minimum atomic E-state index is -1.02. The van der Waals surface area contributed by atoms with Gasteiger partial charge in [-0.1, -0.05) is 0 Å². The second kappa shape index (κ2) is 4.80. The summed E-state index contributed by atoms with van der Waals surface area (Å²) in [6.07, 6.45) is -0.776. The molecule has 0 saturated carbocycles. The van der Waals surface area contributed by atoms with Crippen molar-refractivity contribution in [1.82, 2.24) is 4.98 Å². The molecule has 1 aromatic heterocycles. The number of nitrogens with one attached hydrogen (secondary N) is 1. The Bertz CT molecular complexity index is 445. The summed E-state index contributed by atoms with van der Waals surface area (Å²) in [6.45, 7) is 1.83. The van der Waals surface area contributed by atoms with Gasteiger partial charge in [-0.25, -0.2) is 9.78 Å². The lowest BCUT2D eigenvalue weighted by molar-refractivity contribution is -0.150. The Labute approximate surface area is 102 Å². The monoisotopic (exact) mass is 256 g/mol. The predicted molar refractivity (Wildman–Crippen MR) is 61.0 cm³/mol. The zero-order valence-electron chi connectivity index (χ0n) is 9.17. The largest absolute Gasteiger partial charge is 0.479 e. The molecule has 0 spiro atoms. The summed E-state index contributed by atoms with van der Waals surface area (Å²) >= 11 is 1.33. The van der Waals surface area contributed by atoms with E-state index >= 15 is 0 Å². The maximum absolute atomic E-state index is 11.7. The number of aromatic nitrogens is 1. The fourth-order valence-electron chi connectivity index (χ4n) is 1.61. The number of hydrogen-bond donors (Lipinski definition) is 2. The molecule has 0 bridgehead atoms. The van der Waals surface area contributed by atoms with E-state index in [0.29, 0.717) is 18.0 Å². The topological polar surface area (TPSA) is 88.5 Å². The summed E-state index contributed by atoms with van der Waals surface area (Å²) in [7, 11) is 0. The number of carbonyl (C=O) groups is 2. The maximum atomic E-state index is 11.7. The Balaban J connectivity index is 1.91. The molecule has 2 unspecified atom stereocenters. The highest BCUT2D eigenvalue weighted by Crippen LogP contribution is 2.22. The smallest absolute Gasteiger partial charge is 0.332 e. The van der Waals surface area contributed by atoms with Crippen LogP contribution in [0.15, 0.2) is 5.38 Å². The van der Waals surface area contributed by atoms with Gasteiger partial charge in [0.15, 0.2) is 11.2 Å². The number of rotatable bonds is 3. The third-order valence-corrected chi connectivity index (χ3v) is 3.31. The molecule has 1 aliphatic rings. The quantitative estimate of drug-likeness (QED) is 0.843. The van der Waals surface area contributed by atoms with Crippen molar-refractivity contribution in [2.24, 2.45) is 0 Å². The van der Waals surface area contributed by atoms with Gasteiger partial charge in [0.05, 0.1) is 5.69 Å². The fourth-order valence-corrected chi connectivity index (χ4v) is 2.30. The minimum absolute atomic E-state index is 0.330. The number of amides is 1. The Morgan fingerprint density at radius 3 is 2.76 bits per heavy atom. The van der Waals surface area contributed by atoms with E-state index < -0.39 is 18.2 Å². The number of aryl methyl sites for hydroxylation is 1. The normalized spacial score (nSPS) is 23.6. The molecule has 1 amide bonds. The Kier molecular flexibility index (Phi) is 3.39. The van der Waals surface area contributed by atoms with Crippen LogP contribution in [0.5, 0.6) is 0 Å². The second-order valence-corrected chi connectivity index (χ2v) is 4.67. The van der Waals surface area contributed by atoms with Crippen molar-refractivity contribution in [1.29, 1.82) is 0 Å². The molecule has 2 heterocycles. The van der Waals surface area contributed by atoms with Gasteiger partial charge in [-0.2, -0.15) is 0 Å². The van der Waals surface area contributed by atoms with Crippen molar-refractivity contribution in [3.05, 3.63) is 11.1 Å². The Morgan fingerprint density at radius 1 is 1.53 bits per heavy atom. The van der Waals surface area contributed by atoms with E-state index in [4.69, 9.17) is 9.84 Å². The Hall–Kier alpha value is -1.47. The second-order valence-electron chi connectivity index (χ2n) is 3.81. The van der Waals surface area contributed by atoms with Crippen molar-refractivity contribution in [3.63, 3.8) is 0 Å². The third kappa shape index (κ3) is 2.80. The van der Waals surface area contributed by atoms with Crippen LogP contribution in [0.1, 0.15) is 18.5 Å². The van der Waals surface area contributed by atoms with Gasteiger partial charge in [0.1, 0.15) is 6.10 Å². The third-order valence-electron chi connectivity index (χ3n) is 2.44. The number of nitrogens with zero attached hydrogens (tertiary/aromatic N) is 1. The van der Waals surface area contributed by atoms with E-state index in [-0.39, 0.29) is 5.91 Å². The molecular weight excluding hydrogens is 244 g/mol. The van der Waals surface area contributed by atoms with Gasteiger partial charge in [0.2, 0.25) is 0 Å². The van der Waals surface area contributed by atoms with Gasteiger partial charge in [0, 0.05) is 5.38 Å². The van der Waals surface area contributed by atoms with Crippen LogP contribution in [0.2, 0.25) is 0 Å². The molecule has 6 nitrogen and oxygen atoms in total. The highest BCUT2D eigenvalue weighted by molar-refractivity contribution is 7.13. The van der Waals surface area contributed by atoms with Crippen molar-refractivity contribution in [3.8, 4) is 0 Å². The van der Waals surface area contributed by atoms with E-state index in [1.54, 1.807) is 0 Å². The summed E-state index contributed by atoms with van der Waals surface area (Å²) in [5.74, 6) is -1.35. The molecular formula is C10H12N2O4S. The summed E-state index contributed by atoms with van der Waals surface area (Å²) in [4.78, 5) is 26.5. The number of ether oxygens (including phenoxy) is 1. The van der Waals surface area contributed by atoms with Gasteiger partial charge in [-0.3, -0.25) is 10.1 Å². The first-order valence-corrected chi connectivity index (χ1v) is 6.05. The van der Waals surface area contributed by atoms with Gasteiger partial charge < -0.3 is 9.84 Å². The first kappa shape index (κ1) is 12.0. The zero-order chi connectivity index (χ0) is 12.4. The van der Waals surface area contributed by atoms with Crippen LogP contribution in [0, 0.1) is 6.92 Å². The highest BCUT2D eigenvalue weighted by atomic mass is 32.1. The molecule has 2 atom stereocenters. The molecule has 0 radical (unpaired) electrons. The van der Waals surface area contributed by atoms with E-state index in [1.807, 2.05) is 12.3 Å². The highest BCUT2D eigenvalue weighted by Gasteiger charge is 2.34. The van der Waals surface area contributed by atoms with Gasteiger partial charge in [-0.05, 0) is 19.8 Å². The molecule has 1 saturated heterocycles. The lowest BCUT2D eigenvalue weighted by atomic mass is 10.2. The lowest BCUT2D eigenvalue weighted by Gasteiger charge is -2.09. The summed E-state index contributed by atoms with van der Waals surface area (Å²) < 4.78 is 5.13. The van der Waals surface area contributed by atoms with Crippen LogP contribution in [-0.2, 0) is 14.3 Å². The van der Waals surface area contributed by atoms with Gasteiger partial charge >= 0.3 is 5.97 Å². The molecule has 2 N–H and O–H groups in total. The average molecular weight is 256 g/mol. The van der Waals surface area contributed by atoms with Gasteiger partial charge in [-0.15, -0.1) is 11.3 Å². The van der Waals surface area contributed by atoms with E-state index in [2.05, 4.69) is 10.3 Å².